The van der Waals surface area contributed by atoms with Crippen LogP contribution in [-0.4, -0.2) is 49.8 Å². The van der Waals surface area contributed by atoms with Crippen molar-refractivity contribution in [2.24, 2.45) is 5.41 Å². The van der Waals surface area contributed by atoms with Gasteiger partial charge >= 0.3 is 0 Å². The monoisotopic (exact) mass is 268 g/mol. The highest BCUT2D eigenvalue weighted by atomic mass is 16.5. The molecule has 2 aliphatic heterocycles. The van der Waals surface area contributed by atoms with Gasteiger partial charge < -0.3 is 10.1 Å². The predicted molar refractivity (Wildman–Crippen MR) is 80.5 cm³/mol. The molecule has 2 aliphatic rings. The fourth-order valence-corrected chi connectivity index (χ4v) is 3.73. The highest BCUT2D eigenvalue weighted by molar-refractivity contribution is 4.95. The molecule has 0 aromatic carbocycles. The first-order valence-electron chi connectivity index (χ1n) is 8.30. The maximum Gasteiger partial charge on any atom is 0.0637 e. The fourth-order valence-electron chi connectivity index (χ4n) is 3.73. The predicted octanol–water partition coefficient (Wildman–Crippen LogP) is 2.66. The van der Waals surface area contributed by atoms with E-state index >= 15 is 0 Å². The number of nitrogens with one attached hydrogen (secondary N) is 1. The summed E-state index contributed by atoms with van der Waals surface area (Å²) in [7, 11) is 0. The second kappa shape index (κ2) is 7.05. The van der Waals surface area contributed by atoms with E-state index in [1.54, 1.807) is 0 Å². The molecule has 0 bridgehead atoms. The van der Waals surface area contributed by atoms with Gasteiger partial charge in [0.25, 0.3) is 0 Å². The van der Waals surface area contributed by atoms with Crippen LogP contribution in [0.25, 0.3) is 0 Å². The lowest BCUT2D eigenvalue weighted by atomic mass is 9.82. The number of nitrogens with zero attached hydrogens (tertiary/aromatic N) is 1. The molecule has 19 heavy (non-hydrogen) atoms. The Morgan fingerprint density at radius 1 is 1.26 bits per heavy atom. The summed E-state index contributed by atoms with van der Waals surface area (Å²) in [5.41, 5.74) is 0.576. The maximum atomic E-state index is 5.76. The number of likely N-dealkylation sites (tertiary alicyclic amines) is 1. The van der Waals surface area contributed by atoms with E-state index in [2.05, 4.69) is 31.0 Å². The number of ether oxygens (including phenoxy) is 1. The van der Waals surface area contributed by atoms with Crippen LogP contribution in [0.5, 0.6) is 0 Å². The molecule has 1 N–H and O–H groups in total. The van der Waals surface area contributed by atoms with Crippen molar-refractivity contribution in [3.05, 3.63) is 0 Å². The van der Waals surface area contributed by atoms with Crippen LogP contribution in [0.3, 0.4) is 0 Å². The lowest BCUT2D eigenvalue weighted by Gasteiger charge is -2.39. The Bertz CT molecular complexity index is 265. The zero-order valence-electron chi connectivity index (χ0n) is 13.1. The van der Waals surface area contributed by atoms with Gasteiger partial charge in [-0.3, -0.25) is 4.90 Å². The first kappa shape index (κ1) is 15.3. The SMILES string of the molecule is CCCNC1CCOCC1N1CCC(CC)(CC)C1. The van der Waals surface area contributed by atoms with Crippen molar-refractivity contribution in [2.75, 3.05) is 32.8 Å². The molecule has 3 nitrogen and oxygen atoms in total. The Hall–Kier alpha value is -0.120. The smallest absolute Gasteiger partial charge is 0.0637 e. The molecule has 0 aliphatic carbocycles. The van der Waals surface area contributed by atoms with Crippen LogP contribution in [0.1, 0.15) is 52.9 Å². The molecule has 3 heteroatoms. The topological polar surface area (TPSA) is 24.5 Å². The van der Waals surface area contributed by atoms with Gasteiger partial charge in [0.15, 0.2) is 0 Å². The molecular weight excluding hydrogens is 236 g/mol. The zero-order chi connectivity index (χ0) is 13.7. The molecule has 2 fully saturated rings. The van der Waals surface area contributed by atoms with Gasteiger partial charge in [-0.25, -0.2) is 0 Å². The highest BCUT2D eigenvalue weighted by Crippen LogP contribution is 2.38. The van der Waals surface area contributed by atoms with E-state index in [9.17, 15) is 0 Å². The Balaban J connectivity index is 1.95. The molecule has 2 rings (SSSR count). The van der Waals surface area contributed by atoms with E-state index in [1.165, 1.54) is 45.2 Å². The van der Waals surface area contributed by atoms with Crippen LogP contribution < -0.4 is 5.32 Å². The van der Waals surface area contributed by atoms with Gasteiger partial charge in [0.2, 0.25) is 0 Å². The van der Waals surface area contributed by atoms with E-state index in [0.29, 0.717) is 17.5 Å². The molecule has 2 heterocycles. The molecule has 0 spiro atoms. The molecule has 0 aromatic rings. The van der Waals surface area contributed by atoms with Crippen molar-refractivity contribution in [1.82, 2.24) is 10.2 Å². The molecule has 0 saturated carbocycles. The van der Waals surface area contributed by atoms with E-state index in [0.717, 1.165) is 19.8 Å². The Morgan fingerprint density at radius 2 is 2.05 bits per heavy atom. The minimum atomic E-state index is 0.576. The average Bonchev–Trinajstić information content (AvgIpc) is 2.90. The van der Waals surface area contributed by atoms with Crippen LogP contribution in [0.15, 0.2) is 0 Å². The van der Waals surface area contributed by atoms with Gasteiger partial charge in [-0.05, 0) is 50.6 Å². The zero-order valence-corrected chi connectivity index (χ0v) is 13.1. The van der Waals surface area contributed by atoms with Gasteiger partial charge in [-0.1, -0.05) is 20.8 Å². The third-order valence-corrected chi connectivity index (χ3v) is 5.42. The molecule has 0 aromatic heterocycles. The van der Waals surface area contributed by atoms with Crippen LogP contribution in [0.2, 0.25) is 0 Å². The number of hydrogen-bond acceptors (Lipinski definition) is 3. The second-order valence-corrected chi connectivity index (χ2v) is 6.42. The largest absolute Gasteiger partial charge is 0.380 e. The first-order valence-corrected chi connectivity index (χ1v) is 8.30. The van der Waals surface area contributed by atoms with Gasteiger partial charge in [0.1, 0.15) is 0 Å². The first-order chi connectivity index (χ1) is 9.24. The van der Waals surface area contributed by atoms with Crippen molar-refractivity contribution < 1.29 is 4.74 Å². The third-order valence-electron chi connectivity index (χ3n) is 5.42. The summed E-state index contributed by atoms with van der Waals surface area (Å²) in [5.74, 6) is 0. The normalized spacial score (nSPS) is 31.7. The summed E-state index contributed by atoms with van der Waals surface area (Å²) in [4.78, 5) is 2.71. The Kier molecular flexibility index (Phi) is 5.67. The van der Waals surface area contributed by atoms with Gasteiger partial charge in [0.05, 0.1) is 6.61 Å². The molecule has 2 atom stereocenters. The molecule has 112 valence electrons. The van der Waals surface area contributed by atoms with Crippen molar-refractivity contribution in [3.8, 4) is 0 Å². The van der Waals surface area contributed by atoms with E-state index in [1.807, 2.05) is 0 Å². The highest BCUT2D eigenvalue weighted by Gasteiger charge is 2.40. The average molecular weight is 268 g/mol. The number of hydrogen-bond donors (Lipinski definition) is 1. The van der Waals surface area contributed by atoms with E-state index in [4.69, 9.17) is 4.74 Å². The van der Waals surface area contributed by atoms with E-state index in [-0.39, 0.29) is 0 Å². The van der Waals surface area contributed by atoms with Crippen LogP contribution in [0.4, 0.5) is 0 Å². The maximum absolute atomic E-state index is 5.76. The van der Waals surface area contributed by atoms with Gasteiger partial charge in [-0.2, -0.15) is 0 Å². The van der Waals surface area contributed by atoms with Crippen molar-refractivity contribution in [2.45, 2.75) is 65.0 Å². The summed E-state index contributed by atoms with van der Waals surface area (Å²) in [6, 6.07) is 1.23. The quantitative estimate of drug-likeness (QED) is 0.801. The molecular formula is C16H32N2O. The summed E-state index contributed by atoms with van der Waals surface area (Å²) < 4.78 is 5.76. The van der Waals surface area contributed by atoms with Crippen molar-refractivity contribution in [1.29, 1.82) is 0 Å². The lowest BCUT2D eigenvalue weighted by Crippen LogP contribution is -2.55. The van der Waals surface area contributed by atoms with Gasteiger partial charge in [0, 0.05) is 25.2 Å². The minimum absolute atomic E-state index is 0.576. The molecule has 0 radical (unpaired) electrons. The van der Waals surface area contributed by atoms with Crippen molar-refractivity contribution >= 4 is 0 Å². The summed E-state index contributed by atoms with van der Waals surface area (Å²) in [6.07, 6.45) is 6.41. The van der Waals surface area contributed by atoms with Crippen LogP contribution in [-0.2, 0) is 4.74 Å². The van der Waals surface area contributed by atoms with E-state index < -0.39 is 0 Å². The Morgan fingerprint density at radius 3 is 2.68 bits per heavy atom. The summed E-state index contributed by atoms with van der Waals surface area (Å²) in [5, 5.41) is 3.74. The van der Waals surface area contributed by atoms with Crippen molar-refractivity contribution in [3.63, 3.8) is 0 Å². The third kappa shape index (κ3) is 3.50. The minimum Gasteiger partial charge on any atom is -0.380 e. The standard InChI is InChI=1S/C16H32N2O/c1-4-9-17-14-7-11-19-12-15(14)18-10-8-16(5-2,6-3)13-18/h14-15,17H,4-13H2,1-3H3. The summed E-state index contributed by atoms with van der Waals surface area (Å²) >= 11 is 0. The Labute approximate surface area is 119 Å². The molecule has 2 saturated heterocycles. The second-order valence-electron chi connectivity index (χ2n) is 6.42. The summed E-state index contributed by atoms with van der Waals surface area (Å²) in [6.45, 7) is 12.5. The fraction of sp³-hybridized carbons (Fsp3) is 1.00. The van der Waals surface area contributed by atoms with Gasteiger partial charge in [-0.15, -0.1) is 0 Å². The van der Waals surface area contributed by atoms with Crippen LogP contribution in [0, 0.1) is 5.41 Å². The van der Waals surface area contributed by atoms with Crippen LogP contribution >= 0.6 is 0 Å². The number of rotatable bonds is 6. The lowest BCUT2D eigenvalue weighted by molar-refractivity contribution is 0.00101. The molecule has 2 unspecified atom stereocenters. The molecule has 0 amide bonds.